The molecule has 1 amide bonds. The minimum absolute atomic E-state index is 0.114. The van der Waals surface area contributed by atoms with Crippen LogP contribution >= 0.6 is 0 Å². The number of guanidine groups is 1. The highest BCUT2D eigenvalue weighted by atomic mass is 16.1. The standard InChI is InChI=1S/C21H29N5O/c1-3-17-8-7-9-18(14-17)24-20(27)15-23-21(22-2)26-13-10-19(16-26)25-11-5-4-6-12-25/h1,7-9,14,19H,4-6,10-13,15-16H2,2H3,(H,22,23)(H,24,27). The Bertz CT molecular complexity index is 718. The lowest BCUT2D eigenvalue weighted by atomic mass is 10.1. The van der Waals surface area contributed by atoms with Gasteiger partial charge in [-0.1, -0.05) is 18.4 Å². The summed E-state index contributed by atoms with van der Waals surface area (Å²) < 4.78 is 0. The zero-order chi connectivity index (χ0) is 19.1. The average molecular weight is 367 g/mol. The number of benzene rings is 1. The molecular formula is C21H29N5O. The van der Waals surface area contributed by atoms with Crippen molar-refractivity contribution < 1.29 is 4.79 Å². The number of hydrogen-bond donors (Lipinski definition) is 2. The Morgan fingerprint density at radius 2 is 2.11 bits per heavy atom. The van der Waals surface area contributed by atoms with E-state index >= 15 is 0 Å². The normalized spacial score (nSPS) is 21.0. The molecule has 6 heteroatoms. The largest absolute Gasteiger partial charge is 0.347 e. The molecule has 1 atom stereocenters. The van der Waals surface area contributed by atoms with E-state index < -0.39 is 0 Å². The van der Waals surface area contributed by atoms with E-state index in [9.17, 15) is 4.79 Å². The average Bonchev–Trinajstić information content (AvgIpc) is 3.19. The molecule has 27 heavy (non-hydrogen) atoms. The van der Waals surface area contributed by atoms with Crippen molar-refractivity contribution in [2.24, 2.45) is 4.99 Å². The van der Waals surface area contributed by atoms with Crippen LogP contribution in [0.25, 0.3) is 0 Å². The highest BCUT2D eigenvalue weighted by molar-refractivity contribution is 5.95. The summed E-state index contributed by atoms with van der Waals surface area (Å²) in [4.78, 5) is 21.5. The molecular weight excluding hydrogens is 338 g/mol. The molecule has 1 unspecified atom stereocenters. The quantitative estimate of drug-likeness (QED) is 0.484. The molecule has 0 aromatic heterocycles. The second-order valence-electron chi connectivity index (χ2n) is 7.16. The van der Waals surface area contributed by atoms with Crippen molar-refractivity contribution in [3.8, 4) is 12.3 Å². The molecule has 2 N–H and O–H groups in total. The second kappa shape index (κ2) is 9.43. The Labute approximate surface area is 162 Å². The SMILES string of the molecule is C#Cc1cccc(NC(=O)CNC(=NC)N2CCC(N3CCCCC3)C2)c1. The van der Waals surface area contributed by atoms with Crippen LogP contribution < -0.4 is 10.6 Å². The van der Waals surface area contributed by atoms with Crippen molar-refractivity contribution in [3.63, 3.8) is 0 Å². The summed E-state index contributed by atoms with van der Waals surface area (Å²) in [5, 5.41) is 6.06. The van der Waals surface area contributed by atoms with Gasteiger partial charge in [-0.3, -0.25) is 14.7 Å². The van der Waals surface area contributed by atoms with E-state index in [0.29, 0.717) is 11.7 Å². The molecule has 0 spiro atoms. The Morgan fingerprint density at radius 3 is 2.85 bits per heavy atom. The van der Waals surface area contributed by atoms with E-state index in [1.165, 1.54) is 32.4 Å². The number of nitrogens with one attached hydrogen (secondary N) is 2. The number of anilines is 1. The number of nitrogens with zero attached hydrogens (tertiary/aromatic N) is 3. The Balaban J connectivity index is 1.47. The smallest absolute Gasteiger partial charge is 0.243 e. The van der Waals surface area contributed by atoms with Crippen LogP contribution in [0.15, 0.2) is 29.3 Å². The number of carbonyl (C=O) groups excluding carboxylic acids is 1. The Hall–Kier alpha value is -2.52. The zero-order valence-corrected chi connectivity index (χ0v) is 16.1. The molecule has 2 heterocycles. The summed E-state index contributed by atoms with van der Waals surface area (Å²) in [7, 11) is 1.77. The van der Waals surface area contributed by atoms with Gasteiger partial charge in [-0.05, 0) is 50.6 Å². The van der Waals surface area contributed by atoms with Crippen LogP contribution in [0.2, 0.25) is 0 Å². The molecule has 0 bridgehead atoms. The fourth-order valence-corrected chi connectivity index (χ4v) is 3.90. The maximum Gasteiger partial charge on any atom is 0.243 e. The number of terminal acetylenes is 1. The van der Waals surface area contributed by atoms with Gasteiger partial charge in [0.05, 0.1) is 6.54 Å². The molecule has 1 aromatic rings. The molecule has 2 fully saturated rings. The van der Waals surface area contributed by atoms with Crippen molar-refractivity contribution >= 4 is 17.6 Å². The van der Waals surface area contributed by atoms with E-state index in [1.807, 2.05) is 18.2 Å². The lowest BCUT2D eigenvalue weighted by Crippen LogP contribution is -2.46. The molecule has 0 radical (unpaired) electrons. The number of hydrogen-bond acceptors (Lipinski definition) is 3. The summed E-state index contributed by atoms with van der Waals surface area (Å²) in [6, 6.07) is 7.89. The van der Waals surface area contributed by atoms with E-state index in [1.54, 1.807) is 13.1 Å². The van der Waals surface area contributed by atoms with Gasteiger partial charge in [-0.25, -0.2) is 0 Å². The maximum atomic E-state index is 12.3. The topological polar surface area (TPSA) is 60.0 Å². The highest BCUT2D eigenvalue weighted by Gasteiger charge is 2.30. The van der Waals surface area contributed by atoms with Gasteiger partial charge < -0.3 is 15.5 Å². The summed E-state index contributed by atoms with van der Waals surface area (Å²) in [6.45, 7) is 4.56. The first-order valence-corrected chi connectivity index (χ1v) is 9.76. The first-order valence-electron chi connectivity index (χ1n) is 9.76. The zero-order valence-electron chi connectivity index (χ0n) is 16.1. The number of rotatable bonds is 4. The van der Waals surface area contributed by atoms with Crippen molar-refractivity contribution in [3.05, 3.63) is 29.8 Å². The fraction of sp³-hybridized carbons (Fsp3) is 0.524. The summed E-state index contributed by atoms with van der Waals surface area (Å²) in [5.41, 5.74) is 1.45. The van der Waals surface area contributed by atoms with E-state index in [2.05, 4.69) is 31.3 Å². The monoisotopic (exact) mass is 367 g/mol. The fourth-order valence-electron chi connectivity index (χ4n) is 3.90. The van der Waals surface area contributed by atoms with Crippen molar-refractivity contribution in [1.82, 2.24) is 15.1 Å². The lowest BCUT2D eigenvalue weighted by molar-refractivity contribution is -0.115. The molecule has 2 saturated heterocycles. The third-order valence-electron chi connectivity index (χ3n) is 5.30. The number of aliphatic imine (C=N–C) groups is 1. The predicted octanol–water partition coefficient (Wildman–Crippen LogP) is 1.74. The van der Waals surface area contributed by atoms with Gasteiger partial charge in [0.1, 0.15) is 0 Å². The van der Waals surface area contributed by atoms with Crippen LogP contribution in [0.1, 0.15) is 31.2 Å². The van der Waals surface area contributed by atoms with Crippen LogP contribution in [0.4, 0.5) is 5.69 Å². The molecule has 2 aliphatic rings. The first-order chi connectivity index (χ1) is 13.2. The molecule has 6 nitrogen and oxygen atoms in total. The van der Waals surface area contributed by atoms with Crippen LogP contribution in [0.5, 0.6) is 0 Å². The number of piperidine rings is 1. The molecule has 0 saturated carbocycles. The Morgan fingerprint density at radius 1 is 1.30 bits per heavy atom. The highest BCUT2D eigenvalue weighted by Crippen LogP contribution is 2.20. The molecule has 144 valence electrons. The molecule has 2 aliphatic heterocycles. The molecule has 3 rings (SSSR count). The van der Waals surface area contributed by atoms with Gasteiger partial charge in [0.2, 0.25) is 5.91 Å². The summed E-state index contributed by atoms with van der Waals surface area (Å²) >= 11 is 0. The number of carbonyl (C=O) groups is 1. The van der Waals surface area contributed by atoms with E-state index in [4.69, 9.17) is 6.42 Å². The third-order valence-corrected chi connectivity index (χ3v) is 5.30. The summed E-state index contributed by atoms with van der Waals surface area (Å²) in [6.07, 6.45) is 10.5. The maximum absolute atomic E-state index is 12.3. The van der Waals surface area contributed by atoms with E-state index in [-0.39, 0.29) is 12.5 Å². The Kier molecular flexibility index (Phi) is 6.72. The minimum Gasteiger partial charge on any atom is -0.347 e. The second-order valence-corrected chi connectivity index (χ2v) is 7.16. The molecule has 0 aliphatic carbocycles. The van der Waals surface area contributed by atoms with Crippen LogP contribution in [-0.4, -0.2) is 67.5 Å². The van der Waals surface area contributed by atoms with Gasteiger partial charge in [0, 0.05) is 37.4 Å². The van der Waals surface area contributed by atoms with Gasteiger partial charge in [0.25, 0.3) is 0 Å². The van der Waals surface area contributed by atoms with Crippen LogP contribution in [0, 0.1) is 12.3 Å². The van der Waals surface area contributed by atoms with Crippen LogP contribution in [-0.2, 0) is 4.79 Å². The van der Waals surface area contributed by atoms with Crippen molar-refractivity contribution in [1.29, 1.82) is 0 Å². The predicted molar refractivity (Wildman–Crippen MR) is 110 cm³/mol. The third kappa shape index (κ3) is 5.24. The lowest BCUT2D eigenvalue weighted by Gasteiger charge is -2.32. The van der Waals surface area contributed by atoms with Crippen molar-refractivity contribution in [2.75, 3.05) is 45.1 Å². The van der Waals surface area contributed by atoms with E-state index in [0.717, 1.165) is 31.0 Å². The summed E-state index contributed by atoms with van der Waals surface area (Å²) in [5.74, 6) is 3.25. The van der Waals surface area contributed by atoms with Gasteiger partial charge in [-0.2, -0.15) is 0 Å². The minimum atomic E-state index is -0.114. The van der Waals surface area contributed by atoms with Gasteiger partial charge in [-0.15, -0.1) is 6.42 Å². The number of amides is 1. The number of likely N-dealkylation sites (tertiary alicyclic amines) is 2. The van der Waals surface area contributed by atoms with Gasteiger partial charge in [0.15, 0.2) is 5.96 Å². The van der Waals surface area contributed by atoms with Crippen LogP contribution in [0.3, 0.4) is 0 Å². The van der Waals surface area contributed by atoms with Crippen molar-refractivity contribution in [2.45, 2.75) is 31.7 Å². The first kappa shape index (κ1) is 19.2. The molecule has 1 aromatic carbocycles. The van der Waals surface area contributed by atoms with Gasteiger partial charge >= 0.3 is 0 Å².